The third-order valence-electron chi connectivity index (χ3n) is 6.88. The first kappa shape index (κ1) is 26.2. The molecule has 2 heterocycles. The number of methoxy groups -OCH3 is 1. The van der Waals surface area contributed by atoms with Crippen molar-refractivity contribution in [1.29, 1.82) is 0 Å². The van der Waals surface area contributed by atoms with Crippen LogP contribution in [0.1, 0.15) is 47.0 Å². The number of rotatable bonds is 4. The molecule has 1 aliphatic heterocycles. The predicted octanol–water partition coefficient (Wildman–Crippen LogP) is 4.93. The quantitative estimate of drug-likeness (QED) is 0.531. The van der Waals surface area contributed by atoms with Crippen LogP contribution in [0.3, 0.4) is 0 Å². The highest BCUT2D eigenvalue weighted by Gasteiger charge is 2.27. The molecule has 3 aromatic rings. The molecule has 1 aliphatic rings. The normalized spacial score (nSPS) is 16.2. The van der Waals surface area contributed by atoms with Crippen molar-refractivity contribution in [2.24, 2.45) is 0 Å². The number of amides is 2. The number of nitrogens with one attached hydrogen (secondary N) is 2. The summed E-state index contributed by atoms with van der Waals surface area (Å²) in [6, 6.07) is 11.2. The lowest BCUT2D eigenvalue weighted by Gasteiger charge is -2.25. The Morgan fingerprint density at radius 2 is 1.86 bits per heavy atom. The molecule has 1 aromatic heterocycles. The zero-order chi connectivity index (χ0) is 26.5. The van der Waals surface area contributed by atoms with Gasteiger partial charge in [0.05, 0.1) is 13.5 Å². The maximum Gasteiger partial charge on any atom is 0.249 e. The van der Waals surface area contributed by atoms with E-state index in [0.717, 1.165) is 40.9 Å². The summed E-state index contributed by atoms with van der Waals surface area (Å²) in [5, 5.41) is 2.96. The molecule has 0 radical (unpaired) electrons. The number of carbonyl (C=O) groups is 2. The van der Waals surface area contributed by atoms with Gasteiger partial charge < -0.3 is 19.9 Å². The topological polar surface area (TPSA) is 74.4 Å². The number of H-pyrrole nitrogens is 1. The summed E-state index contributed by atoms with van der Waals surface area (Å²) >= 11 is 0. The van der Waals surface area contributed by atoms with E-state index in [-0.39, 0.29) is 30.5 Å². The van der Waals surface area contributed by atoms with Crippen LogP contribution in [-0.4, -0.2) is 37.0 Å². The van der Waals surface area contributed by atoms with Crippen LogP contribution in [0, 0.1) is 12.7 Å². The number of aromatic amines is 1. The number of ether oxygens (including phenoxy) is 1. The van der Waals surface area contributed by atoms with E-state index in [4.69, 9.17) is 4.74 Å². The van der Waals surface area contributed by atoms with Gasteiger partial charge in [-0.3, -0.25) is 9.59 Å². The summed E-state index contributed by atoms with van der Waals surface area (Å²) in [5.41, 5.74) is 6.20. The second-order valence-electron chi connectivity index (χ2n) is 9.54. The number of nitrogens with zero attached hydrogens (tertiary/aromatic N) is 1. The highest BCUT2D eigenvalue weighted by atomic mass is 19.1. The van der Waals surface area contributed by atoms with Gasteiger partial charge in [-0.2, -0.15) is 0 Å². The van der Waals surface area contributed by atoms with Crippen molar-refractivity contribution in [2.45, 2.75) is 52.0 Å². The van der Waals surface area contributed by atoms with Crippen molar-refractivity contribution in [3.8, 4) is 5.75 Å². The number of allylic oxidation sites excluding steroid dienone is 1. The molecule has 0 spiro atoms. The van der Waals surface area contributed by atoms with E-state index in [2.05, 4.69) is 10.3 Å². The van der Waals surface area contributed by atoms with Gasteiger partial charge in [0.2, 0.25) is 11.8 Å². The van der Waals surface area contributed by atoms with Gasteiger partial charge in [0.15, 0.2) is 0 Å². The van der Waals surface area contributed by atoms with Gasteiger partial charge in [-0.1, -0.05) is 18.2 Å². The minimum absolute atomic E-state index is 0.154. The van der Waals surface area contributed by atoms with Gasteiger partial charge in [-0.05, 0) is 91.8 Å². The van der Waals surface area contributed by atoms with E-state index >= 15 is 0 Å². The SMILES string of the molecule is CC=Cc1c(C)[nH]c2c1CC(=O)NC(C(=O)N(C)c1ccc(OC)cc1)Cc1cc(F)cc(c1)CCC2. The Kier molecular flexibility index (Phi) is 8.11. The summed E-state index contributed by atoms with van der Waals surface area (Å²) in [5.74, 6) is -0.182. The monoisotopic (exact) mass is 503 g/mol. The minimum Gasteiger partial charge on any atom is -0.497 e. The molecule has 4 rings (SSSR count). The summed E-state index contributed by atoms with van der Waals surface area (Å²) in [4.78, 5) is 32.0. The van der Waals surface area contributed by atoms with Crippen molar-refractivity contribution >= 4 is 23.6 Å². The number of benzene rings is 2. The third-order valence-corrected chi connectivity index (χ3v) is 6.88. The van der Waals surface area contributed by atoms with E-state index < -0.39 is 6.04 Å². The second-order valence-corrected chi connectivity index (χ2v) is 9.54. The average Bonchev–Trinajstić information content (AvgIpc) is 3.16. The van der Waals surface area contributed by atoms with Crippen LogP contribution in [0.25, 0.3) is 6.08 Å². The molecular formula is C30H34FN3O3. The largest absolute Gasteiger partial charge is 0.497 e. The zero-order valence-corrected chi connectivity index (χ0v) is 21.9. The van der Waals surface area contributed by atoms with Gasteiger partial charge in [-0.15, -0.1) is 0 Å². The lowest BCUT2D eigenvalue weighted by atomic mass is 9.99. The van der Waals surface area contributed by atoms with Crippen LogP contribution in [0.5, 0.6) is 5.75 Å². The number of anilines is 1. The smallest absolute Gasteiger partial charge is 0.249 e. The predicted molar refractivity (Wildman–Crippen MR) is 144 cm³/mol. The Morgan fingerprint density at radius 1 is 1.14 bits per heavy atom. The van der Waals surface area contributed by atoms with E-state index in [1.165, 1.54) is 11.0 Å². The van der Waals surface area contributed by atoms with Gasteiger partial charge >= 0.3 is 0 Å². The molecule has 1 atom stereocenters. The number of aromatic nitrogens is 1. The third kappa shape index (κ3) is 6.10. The Hall–Kier alpha value is -3.87. The van der Waals surface area contributed by atoms with Crippen LogP contribution in [0.2, 0.25) is 0 Å². The van der Waals surface area contributed by atoms with Crippen molar-refractivity contribution < 1.29 is 18.7 Å². The molecule has 2 aromatic carbocycles. The summed E-state index contributed by atoms with van der Waals surface area (Å²) in [6.07, 6.45) is 6.57. The van der Waals surface area contributed by atoms with Crippen molar-refractivity contribution in [3.05, 3.63) is 88.0 Å². The van der Waals surface area contributed by atoms with Crippen LogP contribution in [0.15, 0.2) is 48.5 Å². The fraction of sp³-hybridized carbons (Fsp3) is 0.333. The molecule has 7 heteroatoms. The molecule has 0 saturated carbocycles. The molecular weight excluding hydrogens is 469 g/mol. The first-order chi connectivity index (χ1) is 17.8. The fourth-order valence-corrected chi connectivity index (χ4v) is 5.02. The Bertz CT molecular complexity index is 1310. The summed E-state index contributed by atoms with van der Waals surface area (Å²) < 4.78 is 19.7. The lowest BCUT2D eigenvalue weighted by molar-refractivity contribution is -0.127. The molecule has 2 amide bonds. The zero-order valence-electron chi connectivity index (χ0n) is 21.9. The molecule has 1 unspecified atom stereocenters. The number of hydrogen-bond acceptors (Lipinski definition) is 3. The molecule has 2 bridgehead atoms. The highest BCUT2D eigenvalue weighted by molar-refractivity contribution is 5.99. The van der Waals surface area contributed by atoms with E-state index in [9.17, 15) is 14.0 Å². The Balaban J connectivity index is 1.70. The molecule has 0 fully saturated rings. The van der Waals surface area contributed by atoms with Gasteiger partial charge in [0.1, 0.15) is 17.6 Å². The Morgan fingerprint density at radius 3 is 2.57 bits per heavy atom. The maximum absolute atomic E-state index is 14.5. The van der Waals surface area contributed by atoms with Gasteiger partial charge in [0.25, 0.3) is 0 Å². The number of halogens is 1. The summed E-state index contributed by atoms with van der Waals surface area (Å²) in [6.45, 7) is 3.95. The maximum atomic E-state index is 14.5. The van der Waals surface area contributed by atoms with Gasteiger partial charge in [-0.25, -0.2) is 4.39 Å². The van der Waals surface area contributed by atoms with Crippen LogP contribution >= 0.6 is 0 Å². The number of hydrogen-bond donors (Lipinski definition) is 2. The van der Waals surface area contributed by atoms with Crippen molar-refractivity contribution in [3.63, 3.8) is 0 Å². The molecule has 194 valence electrons. The van der Waals surface area contributed by atoms with E-state index in [1.807, 2.05) is 32.1 Å². The van der Waals surface area contributed by atoms with E-state index in [1.54, 1.807) is 44.5 Å². The summed E-state index contributed by atoms with van der Waals surface area (Å²) in [7, 11) is 3.26. The van der Waals surface area contributed by atoms with Crippen LogP contribution in [0.4, 0.5) is 10.1 Å². The second kappa shape index (κ2) is 11.5. The molecule has 37 heavy (non-hydrogen) atoms. The van der Waals surface area contributed by atoms with Crippen molar-refractivity contribution in [1.82, 2.24) is 10.3 Å². The Labute approximate surface area is 217 Å². The first-order valence-electron chi connectivity index (χ1n) is 12.6. The number of aryl methyl sites for hydroxylation is 3. The molecule has 0 aliphatic carbocycles. The fourth-order valence-electron chi connectivity index (χ4n) is 5.02. The minimum atomic E-state index is -0.858. The van der Waals surface area contributed by atoms with Crippen LogP contribution < -0.4 is 15.0 Å². The number of likely N-dealkylation sites (N-methyl/N-ethyl adjacent to an activating group) is 1. The standard InChI is InChI=1S/C30H34FN3O3/c1-5-7-25-19(2)32-27-9-6-8-20-14-21(16-22(31)15-20)17-28(33-29(35)18-26(25)27)30(36)34(3)23-10-12-24(37-4)13-11-23/h5,7,10-16,28,32H,6,8-9,17-18H2,1-4H3,(H,33,35). The average molecular weight is 504 g/mol. The van der Waals surface area contributed by atoms with Crippen molar-refractivity contribution in [2.75, 3.05) is 19.1 Å². The first-order valence-corrected chi connectivity index (χ1v) is 12.6. The lowest BCUT2D eigenvalue weighted by Crippen LogP contribution is -2.49. The highest BCUT2D eigenvalue weighted by Crippen LogP contribution is 2.25. The number of fused-ring (bicyclic) bond motifs is 3. The molecule has 2 N–H and O–H groups in total. The number of carbonyl (C=O) groups excluding carboxylic acids is 2. The molecule has 6 nitrogen and oxygen atoms in total. The molecule has 0 saturated heterocycles. The van der Waals surface area contributed by atoms with Crippen LogP contribution in [-0.2, 0) is 35.3 Å². The van der Waals surface area contributed by atoms with Gasteiger partial charge in [0, 0.05) is 30.5 Å². The van der Waals surface area contributed by atoms with E-state index in [0.29, 0.717) is 23.4 Å².